The quantitative estimate of drug-likeness (QED) is 0.791. The molecule has 0 saturated heterocycles. The summed E-state index contributed by atoms with van der Waals surface area (Å²) < 4.78 is 0. The Hall–Kier alpha value is -0.990. The molecule has 1 aromatic carbocycles. The van der Waals surface area contributed by atoms with Crippen LogP contribution in [-0.2, 0) is 6.54 Å². The summed E-state index contributed by atoms with van der Waals surface area (Å²) in [5, 5.41) is 0.833. The highest BCUT2D eigenvalue weighted by Gasteiger charge is 2.18. The maximum atomic E-state index is 6.15. The molecule has 2 rings (SSSR count). The third-order valence-corrected chi connectivity index (χ3v) is 3.12. The minimum Gasteiger partial charge on any atom is -0.372 e. The molecule has 1 unspecified atom stereocenters. The van der Waals surface area contributed by atoms with Crippen LogP contribution in [0.15, 0.2) is 23.9 Å². The zero-order valence-electron chi connectivity index (χ0n) is 9.00. The van der Waals surface area contributed by atoms with Gasteiger partial charge in [0.15, 0.2) is 0 Å². The highest BCUT2D eigenvalue weighted by Crippen LogP contribution is 2.29. The molecule has 0 bridgehead atoms. The Balaban J connectivity index is 2.50. The smallest absolute Gasteiger partial charge is 0.0461 e. The summed E-state index contributed by atoms with van der Waals surface area (Å²) in [7, 11) is 2.04. The van der Waals surface area contributed by atoms with Gasteiger partial charge in [-0.05, 0) is 30.2 Å². The lowest BCUT2D eigenvalue weighted by Gasteiger charge is -2.30. The highest BCUT2D eigenvalue weighted by atomic mass is 35.5. The number of nitrogens with two attached hydrogens (primary N) is 1. The first kappa shape index (κ1) is 10.5. The van der Waals surface area contributed by atoms with Crippen molar-refractivity contribution in [1.82, 2.24) is 4.90 Å². The van der Waals surface area contributed by atoms with Gasteiger partial charge in [-0.3, -0.25) is 0 Å². The van der Waals surface area contributed by atoms with Crippen molar-refractivity contribution in [3.63, 3.8) is 0 Å². The topological polar surface area (TPSA) is 29.3 Å². The number of rotatable bonds is 1. The molecule has 2 N–H and O–H groups in total. The fraction of sp³-hybridized carbons (Fsp3) is 0.333. The van der Waals surface area contributed by atoms with Crippen LogP contribution in [0.4, 0.5) is 0 Å². The van der Waals surface area contributed by atoms with Crippen molar-refractivity contribution >= 4 is 17.7 Å². The Morgan fingerprint density at radius 1 is 1.47 bits per heavy atom. The van der Waals surface area contributed by atoms with Crippen LogP contribution in [0.25, 0.3) is 6.08 Å². The van der Waals surface area contributed by atoms with Crippen LogP contribution in [0.5, 0.6) is 0 Å². The fourth-order valence-electron chi connectivity index (χ4n) is 1.95. The van der Waals surface area contributed by atoms with Gasteiger partial charge in [-0.25, -0.2) is 0 Å². The van der Waals surface area contributed by atoms with Gasteiger partial charge in [0.1, 0.15) is 0 Å². The molecule has 15 heavy (non-hydrogen) atoms. The number of hydrogen-bond acceptors (Lipinski definition) is 2. The van der Waals surface area contributed by atoms with Gasteiger partial charge in [0.25, 0.3) is 0 Å². The molecule has 1 aromatic rings. The molecule has 0 radical (unpaired) electrons. The molecule has 1 atom stereocenters. The van der Waals surface area contributed by atoms with E-state index in [4.69, 9.17) is 17.3 Å². The molecule has 1 aliphatic rings. The van der Waals surface area contributed by atoms with E-state index >= 15 is 0 Å². The Labute approximate surface area is 95.3 Å². The molecule has 1 heterocycles. The monoisotopic (exact) mass is 222 g/mol. The largest absolute Gasteiger partial charge is 0.372 e. The molecule has 1 aliphatic heterocycles. The first-order valence-electron chi connectivity index (χ1n) is 5.05. The Kier molecular flexibility index (Phi) is 2.72. The number of hydrogen-bond donors (Lipinski definition) is 1. The maximum Gasteiger partial charge on any atom is 0.0461 e. The number of halogens is 1. The van der Waals surface area contributed by atoms with E-state index < -0.39 is 0 Å². The lowest BCUT2D eigenvalue weighted by Crippen LogP contribution is -2.32. The summed E-state index contributed by atoms with van der Waals surface area (Å²) in [5.41, 5.74) is 9.44. The van der Waals surface area contributed by atoms with Crippen molar-refractivity contribution in [2.45, 2.75) is 19.5 Å². The van der Waals surface area contributed by atoms with Crippen LogP contribution in [-0.4, -0.2) is 18.0 Å². The van der Waals surface area contributed by atoms with Gasteiger partial charge in [0, 0.05) is 30.4 Å². The molecular formula is C12H15ClN2. The zero-order chi connectivity index (χ0) is 11.0. The van der Waals surface area contributed by atoms with Gasteiger partial charge in [-0.15, -0.1) is 0 Å². The predicted octanol–water partition coefficient (Wildman–Crippen LogP) is 2.47. The van der Waals surface area contributed by atoms with Crippen molar-refractivity contribution in [2.75, 3.05) is 7.05 Å². The normalized spacial score (nSPS) is 17.1. The first-order chi connectivity index (χ1) is 7.09. The average molecular weight is 223 g/mol. The fourth-order valence-corrected chi connectivity index (χ4v) is 2.20. The number of likely N-dealkylation sites (N-methyl/N-ethyl adjacent to an activating group) is 1. The molecule has 3 heteroatoms. The summed E-state index contributed by atoms with van der Waals surface area (Å²) >= 11 is 6.15. The Morgan fingerprint density at radius 3 is 2.87 bits per heavy atom. The lowest BCUT2D eigenvalue weighted by molar-refractivity contribution is 0.383. The second-order valence-electron chi connectivity index (χ2n) is 4.02. The van der Waals surface area contributed by atoms with Crippen LogP contribution in [0.3, 0.4) is 0 Å². The van der Waals surface area contributed by atoms with Gasteiger partial charge in [0.2, 0.25) is 0 Å². The van der Waals surface area contributed by atoms with E-state index in [-0.39, 0.29) is 6.04 Å². The third-order valence-electron chi connectivity index (χ3n) is 2.76. The average Bonchev–Trinajstić information content (AvgIpc) is 2.18. The molecule has 0 fully saturated rings. The Bertz CT molecular complexity index is 410. The van der Waals surface area contributed by atoms with Crippen LogP contribution in [0, 0.1) is 0 Å². The molecular weight excluding hydrogens is 208 g/mol. The summed E-state index contributed by atoms with van der Waals surface area (Å²) in [5.74, 6) is 0. The molecule has 0 aromatic heterocycles. The van der Waals surface area contributed by atoms with E-state index in [0.29, 0.717) is 0 Å². The highest BCUT2D eigenvalue weighted by molar-refractivity contribution is 6.31. The first-order valence-corrected chi connectivity index (χ1v) is 5.43. The van der Waals surface area contributed by atoms with Gasteiger partial charge >= 0.3 is 0 Å². The van der Waals surface area contributed by atoms with Crippen LogP contribution in [0.2, 0.25) is 5.02 Å². The van der Waals surface area contributed by atoms with Crippen molar-refractivity contribution in [2.24, 2.45) is 5.73 Å². The van der Waals surface area contributed by atoms with Gasteiger partial charge in [-0.1, -0.05) is 23.7 Å². The van der Waals surface area contributed by atoms with E-state index in [2.05, 4.69) is 17.0 Å². The van der Waals surface area contributed by atoms with Crippen LogP contribution < -0.4 is 5.73 Å². The van der Waals surface area contributed by atoms with E-state index in [1.54, 1.807) is 0 Å². The molecule has 0 saturated carbocycles. The summed E-state index contributed by atoms with van der Waals surface area (Å²) in [6.45, 7) is 2.83. The van der Waals surface area contributed by atoms with E-state index in [9.17, 15) is 0 Å². The summed E-state index contributed by atoms with van der Waals surface area (Å²) in [6.07, 6.45) is 2.12. The predicted molar refractivity (Wildman–Crippen MR) is 64.5 cm³/mol. The summed E-state index contributed by atoms with van der Waals surface area (Å²) in [4.78, 5) is 2.15. The molecule has 2 nitrogen and oxygen atoms in total. The van der Waals surface area contributed by atoms with Crippen LogP contribution >= 0.6 is 11.6 Å². The maximum absolute atomic E-state index is 6.15. The van der Waals surface area contributed by atoms with Crippen molar-refractivity contribution in [3.05, 3.63) is 40.0 Å². The minimum absolute atomic E-state index is 0.0575. The van der Waals surface area contributed by atoms with E-state index in [0.717, 1.165) is 17.3 Å². The SMILES string of the molecule is CC(N)C1=Cc2cccc(Cl)c2CN1C. The van der Waals surface area contributed by atoms with E-state index in [1.807, 2.05) is 26.1 Å². The molecule has 80 valence electrons. The lowest BCUT2D eigenvalue weighted by atomic mass is 9.99. The van der Waals surface area contributed by atoms with Gasteiger partial charge in [0.05, 0.1) is 0 Å². The van der Waals surface area contributed by atoms with Crippen molar-refractivity contribution in [3.8, 4) is 0 Å². The van der Waals surface area contributed by atoms with Crippen molar-refractivity contribution in [1.29, 1.82) is 0 Å². The van der Waals surface area contributed by atoms with Gasteiger partial charge in [-0.2, -0.15) is 0 Å². The van der Waals surface area contributed by atoms with Crippen molar-refractivity contribution < 1.29 is 0 Å². The molecule has 0 spiro atoms. The third kappa shape index (κ3) is 1.87. The van der Waals surface area contributed by atoms with E-state index in [1.165, 1.54) is 11.1 Å². The molecule has 0 aliphatic carbocycles. The molecule has 0 amide bonds. The summed E-state index contributed by atoms with van der Waals surface area (Å²) in [6, 6.07) is 6.04. The van der Waals surface area contributed by atoms with Gasteiger partial charge < -0.3 is 10.6 Å². The second kappa shape index (κ2) is 3.87. The van der Waals surface area contributed by atoms with Crippen LogP contribution in [0.1, 0.15) is 18.1 Å². The Morgan fingerprint density at radius 2 is 2.20 bits per heavy atom. The number of fused-ring (bicyclic) bond motifs is 1. The number of benzene rings is 1. The zero-order valence-corrected chi connectivity index (χ0v) is 9.75. The standard InChI is InChI=1S/C12H15ClN2/c1-8(14)12-6-9-4-3-5-11(13)10(9)7-15(12)2/h3-6,8H,7,14H2,1-2H3. The minimum atomic E-state index is 0.0575. The second-order valence-corrected chi connectivity index (χ2v) is 4.43. The number of nitrogens with zero attached hydrogens (tertiary/aromatic N) is 1.